The first-order chi connectivity index (χ1) is 20.9. The van der Waals surface area contributed by atoms with E-state index in [2.05, 4.69) is 25.9 Å². The minimum absolute atomic E-state index is 0.0215. The van der Waals surface area contributed by atoms with E-state index in [0.29, 0.717) is 11.1 Å². The van der Waals surface area contributed by atoms with Crippen LogP contribution < -0.4 is 21.7 Å². The predicted molar refractivity (Wildman–Crippen MR) is 159 cm³/mol. The number of aromatic amines is 2. The highest BCUT2D eigenvalue weighted by molar-refractivity contribution is 5.96. The third kappa shape index (κ3) is 7.59. The van der Waals surface area contributed by atoms with Crippen molar-refractivity contribution >= 4 is 51.5 Å². The van der Waals surface area contributed by atoms with Crippen molar-refractivity contribution in [3.63, 3.8) is 0 Å². The van der Waals surface area contributed by atoms with Crippen molar-refractivity contribution in [2.45, 2.75) is 56.5 Å². The maximum Gasteiger partial charge on any atom is 0.326 e. The van der Waals surface area contributed by atoms with Gasteiger partial charge in [0.25, 0.3) is 0 Å². The number of amides is 3. The number of nitrogens with one attached hydrogen (secondary N) is 5. The van der Waals surface area contributed by atoms with Crippen molar-refractivity contribution < 1.29 is 39.3 Å². The van der Waals surface area contributed by atoms with Crippen LogP contribution in [-0.2, 0) is 36.8 Å². The van der Waals surface area contributed by atoms with Crippen LogP contribution >= 0.6 is 0 Å². The number of nitrogens with two attached hydrogens (primary N) is 1. The van der Waals surface area contributed by atoms with Crippen LogP contribution in [0, 0.1) is 0 Å². The normalized spacial score (nSPS) is 14.7. The zero-order chi connectivity index (χ0) is 32.0. The topological polar surface area (TPSA) is 240 Å². The molecule has 232 valence electrons. The third-order valence-electron chi connectivity index (χ3n) is 7.28. The Labute approximate surface area is 251 Å². The van der Waals surface area contributed by atoms with Gasteiger partial charge in [0.15, 0.2) is 0 Å². The van der Waals surface area contributed by atoms with Crippen LogP contribution in [0.1, 0.15) is 24.5 Å². The zero-order valence-corrected chi connectivity index (χ0v) is 23.7. The Morgan fingerprint density at radius 2 is 1.16 bits per heavy atom. The van der Waals surface area contributed by atoms with Crippen LogP contribution in [0.25, 0.3) is 21.8 Å². The summed E-state index contributed by atoms with van der Waals surface area (Å²) in [6.45, 7) is 1.33. The summed E-state index contributed by atoms with van der Waals surface area (Å²) in [5, 5.41) is 37.4. The third-order valence-corrected chi connectivity index (χ3v) is 7.28. The summed E-state index contributed by atoms with van der Waals surface area (Å²) in [6.07, 6.45) is 1.12. The minimum Gasteiger partial charge on any atom is -0.481 e. The number of fused-ring (bicyclic) bond motifs is 2. The number of para-hydroxylation sites is 2. The van der Waals surface area contributed by atoms with Gasteiger partial charge in [-0.1, -0.05) is 36.4 Å². The van der Waals surface area contributed by atoms with Crippen molar-refractivity contribution in [1.29, 1.82) is 0 Å². The molecule has 4 aromatic rings. The molecule has 4 rings (SSSR count). The van der Waals surface area contributed by atoms with Crippen LogP contribution in [0.4, 0.5) is 0 Å². The Hall–Kier alpha value is -5.21. The Bertz CT molecular complexity index is 1680. The summed E-state index contributed by atoms with van der Waals surface area (Å²) < 4.78 is 0. The molecular formula is C30H34N6O8. The first kappa shape index (κ1) is 31.7. The fraction of sp³-hybridized carbons (Fsp3) is 0.300. The van der Waals surface area contributed by atoms with E-state index in [1.807, 2.05) is 36.4 Å². The SMILES string of the molecule is CC(O)C(N)C(=O)NC(Cc1c[nH]c2ccccc12)C(=O)NC(Cc1c[nH]c2ccccc12)C(=O)NC(CC(=O)O)C(=O)O. The van der Waals surface area contributed by atoms with Gasteiger partial charge in [-0.2, -0.15) is 0 Å². The average molecular weight is 607 g/mol. The molecule has 10 N–H and O–H groups in total. The molecule has 0 saturated carbocycles. The Kier molecular flexibility index (Phi) is 9.98. The number of rotatable bonds is 14. The number of carboxylic acids is 2. The highest BCUT2D eigenvalue weighted by Crippen LogP contribution is 2.21. The molecule has 5 unspecified atom stereocenters. The lowest BCUT2D eigenvalue weighted by molar-refractivity contribution is -0.147. The molecule has 0 bridgehead atoms. The fourth-order valence-electron chi connectivity index (χ4n) is 4.87. The Morgan fingerprint density at radius 1 is 0.727 bits per heavy atom. The van der Waals surface area contributed by atoms with Crippen molar-refractivity contribution in [3.8, 4) is 0 Å². The molecule has 14 heteroatoms. The summed E-state index contributed by atoms with van der Waals surface area (Å²) in [5.74, 6) is -5.52. The maximum atomic E-state index is 13.8. The molecule has 0 aliphatic carbocycles. The molecule has 0 spiro atoms. The van der Waals surface area contributed by atoms with Crippen molar-refractivity contribution in [2.24, 2.45) is 5.73 Å². The molecule has 2 aromatic heterocycles. The first-order valence-electron chi connectivity index (χ1n) is 13.8. The number of aromatic nitrogens is 2. The van der Waals surface area contributed by atoms with Gasteiger partial charge < -0.3 is 47.0 Å². The molecule has 5 atom stereocenters. The van der Waals surface area contributed by atoms with E-state index in [4.69, 9.17) is 10.8 Å². The number of hydrogen-bond donors (Lipinski definition) is 9. The predicted octanol–water partition coefficient (Wildman–Crippen LogP) is 0.156. The number of aliphatic hydroxyl groups excluding tert-OH is 1. The number of hydrogen-bond acceptors (Lipinski definition) is 7. The van der Waals surface area contributed by atoms with E-state index < -0.39 is 66.4 Å². The van der Waals surface area contributed by atoms with Gasteiger partial charge in [-0.25, -0.2) is 4.79 Å². The smallest absolute Gasteiger partial charge is 0.326 e. The highest BCUT2D eigenvalue weighted by Gasteiger charge is 2.32. The zero-order valence-electron chi connectivity index (χ0n) is 23.7. The van der Waals surface area contributed by atoms with Gasteiger partial charge in [-0.15, -0.1) is 0 Å². The van der Waals surface area contributed by atoms with E-state index in [1.54, 1.807) is 24.5 Å². The molecule has 0 aliphatic rings. The summed E-state index contributed by atoms with van der Waals surface area (Å²) in [5.41, 5.74) is 8.68. The number of H-pyrrole nitrogens is 2. The Balaban J connectivity index is 1.65. The summed E-state index contributed by atoms with van der Waals surface area (Å²) >= 11 is 0. The van der Waals surface area contributed by atoms with Crippen LogP contribution in [0.2, 0.25) is 0 Å². The molecular weight excluding hydrogens is 572 g/mol. The second kappa shape index (κ2) is 13.8. The molecule has 14 nitrogen and oxygen atoms in total. The van der Waals surface area contributed by atoms with E-state index in [0.717, 1.165) is 21.8 Å². The summed E-state index contributed by atoms with van der Waals surface area (Å²) in [4.78, 5) is 69.2. The summed E-state index contributed by atoms with van der Waals surface area (Å²) in [7, 11) is 0. The van der Waals surface area contributed by atoms with Crippen molar-refractivity contribution in [1.82, 2.24) is 25.9 Å². The minimum atomic E-state index is -1.76. The molecule has 0 radical (unpaired) electrons. The largest absolute Gasteiger partial charge is 0.481 e. The van der Waals surface area contributed by atoms with Crippen molar-refractivity contribution in [2.75, 3.05) is 0 Å². The molecule has 44 heavy (non-hydrogen) atoms. The van der Waals surface area contributed by atoms with Gasteiger partial charge in [0, 0.05) is 47.0 Å². The molecule has 0 aliphatic heterocycles. The van der Waals surface area contributed by atoms with Crippen LogP contribution in [0.5, 0.6) is 0 Å². The lowest BCUT2D eigenvalue weighted by Gasteiger charge is -2.25. The number of aliphatic carboxylic acids is 2. The lowest BCUT2D eigenvalue weighted by Crippen LogP contribution is -2.59. The van der Waals surface area contributed by atoms with Gasteiger partial charge in [-0.3, -0.25) is 19.2 Å². The van der Waals surface area contributed by atoms with Gasteiger partial charge in [-0.05, 0) is 30.2 Å². The molecule has 0 fully saturated rings. The average Bonchev–Trinajstić information content (AvgIpc) is 3.59. The van der Waals surface area contributed by atoms with E-state index in [1.165, 1.54) is 6.92 Å². The van der Waals surface area contributed by atoms with Crippen molar-refractivity contribution in [3.05, 3.63) is 72.1 Å². The number of carbonyl (C=O) groups excluding carboxylic acids is 3. The van der Waals surface area contributed by atoms with Crippen LogP contribution in [0.3, 0.4) is 0 Å². The highest BCUT2D eigenvalue weighted by atomic mass is 16.4. The van der Waals surface area contributed by atoms with Crippen LogP contribution in [0.15, 0.2) is 60.9 Å². The Morgan fingerprint density at radius 3 is 1.59 bits per heavy atom. The second-order valence-corrected chi connectivity index (χ2v) is 10.5. The molecule has 2 heterocycles. The van der Waals surface area contributed by atoms with Gasteiger partial charge >= 0.3 is 11.9 Å². The van der Waals surface area contributed by atoms with Gasteiger partial charge in [0.1, 0.15) is 24.2 Å². The van der Waals surface area contributed by atoms with E-state index in [-0.39, 0.29) is 12.8 Å². The standard InChI is InChI=1S/C30H34N6O8/c1-15(37)26(31)29(42)35-23(11-17-14-33-21-9-5-3-7-19(17)21)27(40)34-22(28(41)36-24(30(43)44)12-25(38)39)10-16-13-32-20-8-4-2-6-18(16)20/h2-9,13-15,22-24,26,32-33,37H,10-12,31H2,1H3,(H,34,40)(H,35,42)(H,36,41)(H,38,39)(H,43,44). The van der Waals surface area contributed by atoms with Gasteiger partial charge in [0.05, 0.1) is 12.5 Å². The first-order valence-corrected chi connectivity index (χ1v) is 13.8. The van der Waals surface area contributed by atoms with Gasteiger partial charge in [0.2, 0.25) is 17.7 Å². The molecule has 0 saturated heterocycles. The second-order valence-electron chi connectivity index (χ2n) is 10.5. The monoisotopic (exact) mass is 606 g/mol. The van der Waals surface area contributed by atoms with Crippen LogP contribution in [-0.4, -0.2) is 85.2 Å². The molecule has 2 aromatic carbocycles. The summed E-state index contributed by atoms with van der Waals surface area (Å²) in [6, 6.07) is 8.81. The number of aliphatic hydroxyl groups is 1. The molecule has 3 amide bonds. The maximum absolute atomic E-state index is 13.8. The van der Waals surface area contributed by atoms with E-state index >= 15 is 0 Å². The lowest BCUT2D eigenvalue weighted by atomic mass is 10.0. The quantitative estimate of drug-likeness (QED) is 0.0948. The fourth-order valence-corrected chi connectivity index (χ4v) is 4.87. The number of benzene rings is 2. The number of carbonyl (C=O) groups is 5. The van der Waals surface area contributed by atoms with E-state index in [9.17, 15) is 34.2 Å². The number of carboxylic acid groups (broad SMARTS) is 2.